The van der Waals surface area contributed by atoms with Gasteiger partial charge in [0.05, 0.1) is 21.7 Å². The summed E-state index contributed by atoms with van der Waals surface area (Å²) in [7, 11) is 0. The molecule has 0 aromatic heterocycles. The van der Waals surface area contributed by atoms with Crippen LogP contribution in [-0.4, -0.2) is 10.8 Å². The summed E-state index contributed by atoms with van der Waals surface area (Å²) in [5, 5.41) is 13.6. The molecule has 5 nitrogen and oxygen atoms in total. The second kappa shape index (κ2) is 6.21. The van der Waals surface area contributed by atoms with Gasteiger partial charge in [0.15, 0.2) is 0 Å². The lowest BCUT2D eigenvalue weighted by atomic mass is 10.1. The maximum absolute atomic E-state index is 12.3. The van der Waals surface area contributed by atoms with Gasteiger partial charge in [0.25, 0.3) is 11.6 Å². The lowest BCUT2D eigenvalue weighted by Gasteiger charge is -2.10. The predicted molar refractivity (Wildman–Crippen MR) is 89.7 cm³/mol. The highest BCUT2D eigenvalue weighted by molar-refractivity contribution is 14.1. The van der Waals surface area contributed by atoms with Gasteiger partial charge in [-0.15, -0.1) is 0 Å². The Morgan fingerprint density at radius 1 is 1.24 bits per heavy atom. The Bertz CT molecular complexity index is 729. The fourth-order valence-corrected chi connectivity index (χ4v) is 2.87. The highest BCUT2D eigenvalue weighted by Gasteiger charge is 2.16. The van der Waals surface area contributed by atoms with Gasteiger partial charge < -0.3 is 5.32 Å². The molecule has 0 aliphatic heterocycles. The van der Waals surface area contributed by atoms with Gasteiger partial charge in [-0.2, -0.15) is 0 Å². The van der Waals surface area contributed by atoms with Gasteiger partial charge in [-0.05, 0) is 54.6 Å². The van der Waals surface area contributed by atoms with Crippen molar-refractivity contribution < 1.29 is 9.72 Å². The summed E-state index contributed by atoms with van der Waals surface area (Å²) in [5.41, 5.74) is 2.50. The molecule has 1 amide bonds. The number of rotatable bonds is 3. The van der Waals surface area contributed by atoms with E-state index in [1.54, 1.807) is 25.1 Å². The highest BCUT2D eigenvalue weighted by atomic mass is 127. The molecule has 2 aromatic carbocycles. The topological polar surface area (TPSA) is 72.2 Å². The standard InChI is InChI=1S/C15H13IN2O3/c1-9-6-7-11(12(16)8-9)15(19)17-13-4-3-5-14(10(13)2)18(20)21/h3-8H,1-2H3,(H,17,19). The third-order valence-corrected chi connectivity index (χ3v) is 4.01. The normalized spacial score (nSPS) is 10.2. The van der Waals surface area contributed by atoms with Crippen molar-refractivity contribution in [3.8, 4) is 0 Å². The van der Waals surface area contributed by atoms with Crippen LogP contribution in [0.2, 0.25) is 0 Å². The Kier molecular flexibility index (Phi) is 4.56. The summed E-state index contributed by atoms with van der Waals surface area (Å²) in [6, 6.07) is 10.1. The van der Waals surface area contributed by atoms with Crippen molar-refractivity contribution in [1.82, 2.24) is 0 Å². The second-order valence-electron chi connectivity index (χ2n) is 4.64. The van der Waals surface area contributed by atoms with Gasteiger partial charge in [-0.1, -0.05) is 17.7 Å². The van der Waals surface area contributed by atoms with Crippen LogP contribution in [0.1, 0.15) is 21.5 Å². The maximum Gasteiger partial charge on any atom is 0.274 e. The second-order valence-corrected chi connectivity index (χ2v) is 5.81. The van der Waals surface area contributed by atoms with Crippen LogP contribution < -0.4 is 5.32 Å². The van der Waals surface area contributed by atoms with Crippen molar-refractivity contribution in [2.24, 2.45) is 0 Å². The Labute approximate surface area is 135 Å². The largest absolute Gasteiger partial charge is 0.321 e. The van der Waals surface area contributed by atoms with E-state index in [4.69, 9.17) is 0 Å². The van der Waals surface area contributed by atoms with Gasteiger partial charge in [-0.3, -0.25) is 14.9 Å². The zero-order chi connectivity index (χ0) is 15.6. The van der Waals surface area contributed by atoms with Crippen LogP contribution in [-0.2, 0) is 0 Å². The molecular formula is C15H13IN2O3. The summed E-state index contributed by atoms with van der Waals surface area (Å²) in [6.45, 7) is 3.57. The molecule has 0 heterocycles. The summed E-state index contributed by atoms with van der Waals surface area (Å²) in [6.07, 6.45) is 0. The first-order valence-corrected chi connectivity index (χ1v) is 7.29. The number of amides is 1. The molecule has 0 aliphatic rings. The fourth-order valence-electron chi connectivity index (χ4n) is 1.95. The van der Waals surface area contributed by atoms with Crippen LogP contribution in [0.5, 0.6) is 0 Å². The van der Waals surface area contributed by atoms with Crippen molar-refractivity contribution >= 4 is 39.9 Å². The lowest BCUT2D eigenvalue weighted by Crippen LogP contribution is -2.14. The third-order valence-electron chi connectivity index (χ3n) is 3.12. The first kappa shape index (κ1) is 15.4. The first-order valence-electron chi connectivity index (χ1n) is 6.21. The van der Waals surface area contributed by atoms with Crippen LogP contribution in [0.4, 0.5) is 11.4 Å². The number of benzene rings is 2. The number of aryl methyl sites for hydroxylation is 1. The van der Waals surface area contributed by atoms with E-state index in [9.17, 15) is 14.9 Å². The Hall–Kier alpha value is -1.96. The van der Waals surface area contributed by atoms with Gasteiger partial charge in [0, 0.05) is 9.64 Å². The van der Waals surface area contributed by atoms with Crippen molar-refractivity contribution in [3.05, 3.63) is 66.8 Å². The zero-order valence-corrected chi connectivity index (χ0v) is 13.7. The molecule has 21 heavy (non-hydrogen) atoms. The number of hydrogen-bond acceptors (Lipinski definition) is 3. The smallest absolute Gasteiger partial charge is 0.274 e. The fraction of sp³-hybridized carbons (Fsp3) is 0.133. The lowest BCUT2D eigenvalue weighted by molar-refractivity contribution is -0.385. The minimum Gasteiger partial charge on any atom is -0.321 e. The first-order chi connectivity index (χ1) is 9.90. The number of halogens is 1. The van der Waals surface area contributed by atoms with E-state index in [0.29, 0.717) is 16.8 Å². The third kappa shape index (κ3) is 3.38. The van der Waals surface area contributed by atoms with Crippen molar-refractivity contribution in [3.63, 3.8) is 0 Å². The predicted octanol–water partition coefficient (Wildman–Crippen LogP) is 4.07. The summed E-state index contributed by atoms with van der Waals surface area (Å²) < 4.78 is 0.841. The van der Waals surface area contributed by atoms with Gasteiger partial charge in [0.2, 0.25) is 0 Å². The van der Waals surface area contributed by atoms with Crippen molar-refractivity contribution in [2.45, 2.75) is 13.8 Å². The van der Waals surface area contributed by atoms with Crippen LogP contribution in [0, 0.1) is 27.5 Å². The number of carbonyl (C=O) groups excluding carboxylic acids is 1. The quantitative estimate of drug-likeness (QED) is 0.483. The summed E-state index contributed by atoms with van der Waals surface area (Å²) >= 11 is 2.10. The van der Waals surface area contributed by atoms with E-state index < -0.39 is 4.92 Å². The molecular weight excluding hydrogens is 383 g/mol. The number of nitro groups is 1. The number of carbonyl (C=O) groups is 1. The summed E-state index contributed by atoms with van der Waals surface area (Å²) in [4.78, 5) is 22.7. The Morgan fingerprint density at radius 2 is 1.95 bits per heavy atom. The Balaban J connectivity index is 2.32. The van der Waals surface area contributed by atoms with Crippen LogP contribution in [0.15, 0.2) is 36.4 Å². The van der Waals surface area contributed by atoms with Crippen LogP contribution in [0.25, 0.3) is 0 Å². The van der Waals surface area contributed by atoms with Crippen molar-refractivity contribution in [2.75, 3.05) is 5.32 Å². The van der Waals surface area contributed by atoms with Gasteiger partial charge >= 0.3 is 0 Å². The average Bonchev–Trinajstić information content (AvgIpc) is 2.40. The van der Waals surface area contributed by atoms with Gasteiger partial charge in [0.1, 0.15) is 0 Å². The van der Waals surface area contributed by atoms with E-state index in [1.807, 2.05) is 19.1 Å². The van der Waals surface area contributed by atoms with Crippen LogP contribution in [0.3, 0.4) is 0 Å². The molecule has 6 heteroatoms. The molecule has 0 radical (unpaired) electrons. The molecule has 0 aliphatic carbocycles. The maximum atomic E-state index is 12.3. The molecule has 0 fully saturated rings. The molecule has 0 bridgehead atoms. The molecule has 0 atom stereocenters. The minimum absolute atomic E-state index is 0.00796. The summed E-state index contributed by atoms with van der Waals surface area (Å²) in [5.74, 6) is -0.275. The number of anilines is 1. The van der Waals surface area contributed by atoms with E-state index >= 15 is 0 Å². The number of nitrogens with one attached hydrogen (secondary N) is 1. The van der Waals surface area contributed by atoms with E-state index in [1.165, 1.54) is 6.07 Å². The van der Waals surface area contributed by atoms with Crippen LogP contribution >= 0.6 is 22.6 Å². The molecule has 0 saturated heterocycles. The number of hydrogen-bond donors (Lipinski definition) is 1. The van der Waals surface area contributed by atoms with Gasteiger partial charge in [-0.25, -0.2) is 0 Å². The molecule has 0 saturated carbocycles. The molecule has 0 spiro atoms. The SMILES string of the molecule is Cc1ccc(C(=O)Nc2cccc([N+](=O)[O-])c2C)c(I)c1. The minimum atomic E-state index is -0.458. The van der Waals surface area contributed by atoms with Crippen molar-refractivity contribution in [1.29, 1.82) is 0 Å². The molecule has 2 aromatic rings. The molecule has 2 rings (SSSR count). The van der Waals surface area contributed by atoms with E-state index in [2.05, 4.69) is 27.9 Å². The highest BCUT2D eigenvalue weighted by Crippen LogP contribution is 2.26. The average molecular weight is 396 g/mol. The number of nitrogens with zero attached hydrogens (tertiary/aromatic N) is 1. The monoisotopic (exact) mass is 396 g/mol. The van der Waals surface area contributed by atoms with E-state index in [0.717, 1.165) is 9.13 Å². The molecule has 0 unspecified atom stereocenters. The van der Waals surface area contributed by atoms with E-state index in [-0.39, 0.29) is 11.6 Å². The Morgan fingerprint density at radius 3 is 2.57 bits per heavy atom. The number of nitro benzene ring substituents is 1. The molecule has 108 valence electrons. The zero-order valence-electron chi connectivity index (χ0n) is 11.5. The molecule has 1 N–H and O–H groups in total.